The van der Waals surface area contributed by atoms with Gasteiger partial charge in [0.25, 0.3) is 0 Å². The van der Waals surface area contributed by atoms with Crippen LogP contribution in [-0.2, 0) is 16.0 Å². The van der Waals surface area contributed by atoms with Crippen molar-refractivity contribution in [2.75, 3.05) is 27.2 Å². The Hall–Kier alpha value is -1.79. The Morgan fingerprint density at radius 1 is 1.30 bits per heavy atom. The average molecular weight is 428 g/mol. The van der Waals surface area contributed by atoms with E-state index in [4.69, 9.17) is 28.2 Å². The van der Waals surface area contributed by atoms with Crippen LogP contribution in [0.25, 0.3) is 0 Å². The van der Waals surface area contributed by atoms with Gasteiger partial charge >= 0.3 is 5.97 Å². The molecule has 2 aliphatic rings. The Bertz CT molecular complexity index is 1130. The van der Waals surface area contributed by atoms with Gasteiger partial charge in [0, 0.05) is 40.9 Å². The summed E-state index contributed by atoms with van der Waals surface area (Å²) in [7, 11) is 2.50. The molecule has 30 heavy (non-hydrogen) atoms. The summed E-state index contributed by atoms with van der Waals surface area (Å²) in [6.45, 7) is 1.25. The van der Waals surface area contributed by atoms with E-state index in [0.29, 0.717) is 4.90 Å². The zero-order chi connectivity index (χ0) is 30.0. The van der Waals surface area contributed by atoms with Crippen LogP contribution in [0.1, 0.15) is 70.0 Å². The molecule has 2 aliphatic heterocycles. The van der Waals surface area contributed by atoms with Gasteiger partial charge in [-0.15, -0.1) is 0 Å². The quantitative estimate of drug-likeness (QED) is 0.671. The van der Waals surface area contributed by atoms with Crippen LogP contribution in [0.2, 0.25) is 0 Å². The van der Waals surface area contributed by atoms with Crippen LogP contribution in [0.5, 0.6) is 11.5 Å². The molecule has 0 aromatic heterocycles. The highest BCUT2D eigenvalue weighted by Crippen LogP contribution is 2.44. The number of fused-ring (bicyclic) bond motifs is 3. The van der Waals surface area contributed by atoms with Crippen molar-refractivity contribution in [3.05, 3.63) is 23.2 Å². The highest BCUT2D eigenvalue weighted by Gasteiger charge is 2.41. The van der Waals surface area contributed by atoms with Crippen molar-refractivity contribution in [3.63, 3.8) is 0 Å². The normalized spacial score (nSPS) is 36.8. The lowest BCUT2D eigenvalue weighted by molar-refractivity contribution is -0.160. The van der Waals surface area contributed by atoms with Gasteiger partial charge in [0.05, 0.1) is 17.0 Å². The lowest BCUT2D eigenvalue weighted by atomic mass is 9.79. The van der Waals surface area contributed by atoms with Gasteiger partial charge in [-0.25, -0.2) is 0 Å². The van der Waals surface area contributed by atoms with Crippen molar-refractivity contribution in [3.8, 4) is 11.5 Å². The first-order valence-corrected chi connectivity index (χ1v) is 10.2. The molecular formula is C24H38N2O4. The molecule has 0 amide bonds. The first kappa shape index (κ1) is 13.6. The number of nitrogens with zero attached hydrogens (tertiary/aromatic N) is 1. The summed E-state index contributed by atoms with van der Waals surface area (Å²) >= 11 is 0. The smallest absolute Gasteiger partial charge is 0.323 e. The van der Waals surface area contributed by atoms with E-state index >= 15 is 0 Å². The monoisotopic (exact) mass is 427 g/mol. The van der Waals surface area contributed by atoms with E-state index in [0.717, 1.165) is 0 Å². The molecule has 4 atom stereocenters. The number of nitrogens with two attached hydrogens (primary N) is 1. The molecule has 0 spiro atoms. The van der Waals surface area contributed by atoms with Gasteiger partial charge < -0.3 is 19.9 Å². The predicted molar refractivity (Wildman–Crippen MR) is 118 cm³/mol. The number of piperidine rings is 1. The molecule has 168 valence electrons. The van der Waals surface area contributed by atoms with Gasteiger partial charge in [-0.05, 0) is 47.9 Å². The van der Waals surface area contributed by atoms with Gasteiger partial charge in [0.2, 0.25) is 0 Å². The van der Waals surface area contributed by atoms with E-state index in [1.54, 1.807) is 27.7 Å². The highest BCUT2D eigenvalue weighted by atomic mass is 16.5. The number of rotatable bonds is 7. The maximum Gasteiger partial charge on any atom is 0.323 e. The van der Waals surface area contributed by atoms with Crippen molar-refractivity contribution in [1.82, 2.24) is 4.90 Å². The largest absolute Gasteiger partial charge is 0.493 e. The highest BCUT2D eigenvalue weighted by molar-refractivity contribution is 5.76. The summed E-state index contributed by atoms with van der Waals surface area (Å²) in [6.07, 6.45) is -5.69. The Kier molecular flexibility index (Phi) is 4.33. The maximum atomic E-state index is 13.1. The molecular weight excluding hydrogens is 380 g/mol. The summed E-state index contributed by atoms with van der Waals surface area (Å²) in [4.78, 5) is 13.7. The molecule has 0 bridgehead atoms. The van der Waals surface area contributed by atoms with Gasteiger partial charge in [0.1, 0.15) is 12.1 Å². The zero-order valence-corrected chi connectivity index (χ0v) is 18.5. The van der Waals surface area contributed by atoms with E-state index in [-0.39, 0.29) is 41.0 Å². The molecule has 0 radical (unpaired) electrons. The summed E-state index contributed by atoms with van der Waals surface area (Å²) in [5.74, 6) is -4.56. The summed E-state index contributed by atoms with van der Waals surface area (Å²) in [6, 6.07) is -3.76. The second-order valence-corrected chi connectivity index (χ2v) is 8.30. The van der Waals surface area contributed by atoms with Crippen molar-refractivity contribution >= 4 is 5.97 Å². The number of carbonyl (C=O) groups is 1. The molecule has 1 fully saturated rings. The van der Waals surface area contributed by atoms with Crippen LogP contribution < -0.4 is 15.2 Å². The first-order chi connectivity index (χ1) is 17.7. The SMILES string of the molecule is [2H]c1c2c(c([2H])c(OC)c1OC)C1N(C([2H])([2H])C2)C([2H])([2H])C([2H])(CC(C)C)C(OC(=O)[C@@H](N)C(C)C)C1([2H])[2H]. The van der Waals surface area contributed by atoms with E-state index < -0.39 is 67.8 Å². The third-order valence-corrected chi connectivity index (χ3v) is 5.15. The van der Waals surface area contributed by atoms with Crippen molar-refractivity contribution in [2.45, 2.75) is 65.1 Å². The van der Waals surface area contributed by atoms with E-state index in [9.17, 15) is 8.91 Å². The number of hydrogen-bond donors (Lipinski definition) is 1. The minimum atomic E-state index is -2.90. The molecule has 1 aromatic carbocycles. The van der Waals surface area contributed by atoms with E-state index in [1.165, 1.54) is 14.2 Å². The predicted octanol–water partition coefficient (Wildman–Crippen LogP) is 3.56. The molecule has 6 heteroatoms. The first-order valence-electron chi connectivity index (χ1n) is 14.7. The fraction of sp³-hybridized carbons (Fsp3) is 0.708. The second-order valence-electron chi connectivity index (χ2n) is 8.30. The molecule has 0 aliphatic carbocycles. The van der Waals surface area contributed by atoms with Gasteiger partial charge in [-0.1, -0.05) is 27.7 Å². The minimum absolute atomic E-state index is 0.0473. The van der Waals surface area contributed by atoms with Crippen LogP contribution in [0.15, 0.2) is 12.1 Å². The number of carbonyl (C=O) groups excluding carboxylic acids is 1. The number of benzene rings is 1. The van der Waals surface area contributed by atoms with Gasteiger partial charge in [-0.3, -0.25) is 9.69 Å². The Morgan fingerprint density at radius 2 is 1.97 bits per heavy atom. The van der Waals surface area contributed by atoms with Gasteiger partial charge in [0.15, 0.2) is 11.5 Å². The van der Waals surface area contributed by atoms with Crippen molar-refractivity contribution in [1.29, 1.82) is 0 Å². The molecule has 1 aromatic rings. The van der Waals surface area contributed by atoms with Gasteiger partial charge in [-0.2, -0.15) is 0 Å². The standard InChI is InChI=1S/C24H38N2O4/c1-14(2)9-17-13-26-8-7-16-10-21(28-5)22(29-6)11-18(16)19(26)12-20(17)30-24(27)23(25)15(3)4/h10-11,14-15,17,19-20,23H,7-9,12-13,25H2,1-6H3/t17?,19?,20?,23-/m0/s1/i8D2,10D,11D,12D2,13D2,17D. The summed E-state index contributed by atoms with van der Waals surface area (Å²) < 4.78 is 97.6. The third kappa shape index (κ3) is 4.75. The van der Waals surface area contributed by atoms with Crippen LogP contribution in [0.3, 0.4) is 0 Å². The molecule has 3 rings (SSSR count). The lowest BCUT2D eigenvalue weighted by Gasteiger charge is -2.47. The molecule has 2 heterocycles. The maximum absolute atomic E-state index is 13.1. The van der Waals surface area contributed by atoms with E-state index in [2.05, 4.69) is 0 Å². The third-order valence-electron chi connectivity index (χ3n) is 5.15. The van der Waals surface area contributed by atoms with Crippen molar-refractivity contribution < 1.29 is 31.3 Å². The number of ether oxygens (including phenoxy) is 3. The van der Waals surface area contributed by atoms with Crippen LogP contribution >= 0.6 is 0 Å². The summed E-state index contributed by atoms with van der Waals surface area (Å²) in [5, 5.41) is 0. The molecule has 1 saturated heterocycles. The second kappa shape index (κ2) is 9.56. The number of hydrogen-bond acceptors (Lipinski definition) is 6. The Labute approximate surface area is 193 Å². The topological polar surface area (TPSA) is 74.0 Å². The van der Waals surface area contributed by atoms with E-state index in [1.807, 2.05) is 0 Å². The Balaban J connectivity index is 2.42. The molecule has 3 unspecified atom stereocenters. The fourth-order valence-electron chi connectivity index (χ4n) is 3.44. The van der Waals surface area contributed by atoms with Crippen molar-refractivity contribution in [2.24, 2.45) is 23.5 Å². The fourth-order valence-corrected chi connectivity index (χ4v) is 3.44. The molecule has 6 nitrogen and oxygen atoms in total. The Morgan fingerprint density at radius 3 is 2.57 bits per heavy atom. The lowest BCUT2D eigenvalue weighted by Crippen LogP contribution is -2.51. The van der Waals surface area contributed by atoms with Crippen LogP contribution in [0, 0.1) is 17.7 Å². The minimum Gasteiger partial charge on any atom is -0.493 e. The molecule has 0 saturated carbocycles. The van der Waals surface area contributed by atoms with Crippen LogP contribution in [0.4, 0.5) is 0 Å². The average Bonchev–Trinajstić information content (AvgIpc) is 2.80. The van der Waals surface area contributed by atoms with Crippen LogP contribution in [-0.4, -0.2) is 50.2 Å². The summed E-state index contributed by atoms with van der Waals surface area (Å²) in [5.41, 5.74) is 5.76. The zero-order valence-electron chi connectivity index (χ0n) is 27.5. The molecule has 2 N–H and O–H groups in total. The number of methoxy groups -OCH3 is 2. The number of esters is 1.